The van der Waals surface area contributed by atoms with E-state index < -0.39 is 0 Å². The van der Waals surface area contributed by atoms with E-state index in [1.54, 1.807) is 11.2 Å². The Morgan fingerprint density at radius 3 is 3.00 bits per heavy atom. The van der Waals surface area contributed by atoms with Crippen LogP contribution in [0, 0.1) is 11.3 Å². The SMILES string of the molecule is N#Cc1nccnc1O[C@H]1CCN(C(=O)Cn2cnc3ccccc32)C1. The molecule has 1 amide bonds. The maximum absolute atomic E-state index is 12.6. The number of imidazole rings is 1. The standard InChI is InChI=1S/C18H16N6O2/c19-9-15-18(21-7-6-20-15)26-13-5-8-23(10-13)17(25)11-24-12-22-14-3-1-2-4-16(14)24/h1-4,6-7,12-13H,5,8,10-11H2/t13-/m0/s1. The van der Waals surface area contributed by atoms with Gasteiger partial charge < -0.3 is 14.2 Å². The largest absolute Gasteiger partial charge is 0.470 e. The number of nitrogens with zero attached hydrogens (tertiary/aromatic N) is 6. The van der Waals surface area contributed by atoms with Gasteiger partial charge in [0.05, 0.1) is 23.9 Å². The maximum atomic E-state index is 12.6. The summed E-state index contributed by atoms with van der Waals surface area (Å²) in [5.74, 6) is 0.230. The van der Waals surface area contributed by atoms with E-state index in [9.17, 15) is 4.79 Å². The van der Waals surface area contributed by atoms with Gasteiger partial charge in [-0.05, 0) is 12.1 Å². The predicted octanol–water partition coefficient (Wildman–Crippen LogP) is 1.38. The van der Waals surface area contributed by atoms with Crippen molar-refractivity contribution < 1.29 is 9.53 Å². The van der Waals surface area contributed by atoms with E-state index in [1.165, 1.54) is 12.4 Å². The zero-order valence-corrected chi connectivity index (χ0v) is 13.9. The number of fused-ring (bicyclic) bond motifs is 1. The molecule has 1 aliphatic heterocycles. The predicted molar refractivity (Wildman–Crippen MR) is 92.1 cm³/mol. The molecule has 0 radical (unpaired) electrons. The minimum atomic E-state index is -0.192. The molecular formula is C18H16N6O2. The van der Waals surface area contributed by atoms with Gasteiger partial charge in [-0.1, -0.05) is 12.1 Å². The van der Waals surface area contributed by atoms with Gasteiger partial charge in [0, 0.05) is 25.4 Å². The number of carbonyl (C=O) groups is 1. The number of hydrogen-bond donors (Lipinski definition) is 0. The topological polar surface area (TPSA) is 96.9 Å². The molecule has 8 nitrogen and oxygen atoms in total. The highest BCUT2D eigenvalue weighted by Gasteiger charge is 2.28. The van der Waals surface area contributed by atoms with Crippen molar-refractivity contribution in [1.82, 2.24) is 24.4 Å². The van der Waals surface area contributed by atoms with Crippen molar-refractivity contribution >= 4 is 16.9 Å². The number of nitriles is 1. The Balaban J connectivity index is 1.40. The average Bonchev–Trinajstić information content (AvgIpc) is 3.30. The third-order valence-corrected chi connectivity index (χ3v) is 4.38. The number of ether oxygens (including phenoxy) is 1. The number of rotatable bonds is 4. The van der Waals surface area contributed by atoms with Gasteiger partial charge in [-0.25, -0.2) is 15.0 Å². The van der Waals surface area contributed by atoms with E-state index >= 15 is 0 Å². The van der Waals surface area contributed by atoms with Crippen molar-refractivity contribution in [3.8, 4) is 11.9 Å². The summed E-state index contributed by atoms with van der Waals surface area (Å²) in [5, 5.41) is 9.06. The Kier molecular flexibility index (Phi) is 4.19. The Bertz CT molecular complexity index is 993. The van der Waals surface area contributed by atoms with E-state index in [0.717, 1.165) is 11.0 Å². The van der Waals surface area contributed by atoms with Crippen molar-refractivity contribution in [1.29, 1.82) is 5.26 Å². The highest BCUT2D eigenvalue weighted by atomic mass is 16.5. The van der Waals surface area contributed by atoms with Crippen LogP contribution < -0.4 is 4.74 Å². The first-order valence-corrected chi connectivity index (χ1v) is 8.30. The molecule has 0 spiro atoms. The lowest BCUT2D eigenvalue weighted by molar-refractivity contribution is -0.131. The molecule has 8 heteroatoms. The van der Waals surface area contributed by atoms with Gasteiger partial charge in [0.1, 0.15) is 18.7 Å². The molecule has 0 aliphatic carbocycles. The zero-order valence-electron chi connectivity index (χ0n) is 13.9. The van der Waals surface area contributed by atoms with Crippen LogP contribution in [0.2, 0.25) is 0 Å². The van der Waals surface area contributed by atoms with E-state index in [1.807, 2.05) is 34.9 Å². The summed E-state index contributed by atoms with van der Waals surface area (Å²) in [6, 6.07) is 9.68. The van der Waals surface area contributed by atoms with Crippen LogP contribution in [0.5, 0.6) is 5.88 Å². The molecule has 3 aromatic rings. The molecule has 1 aliphatic rings. The van der Waals surface area contributed by atoms with Crippen LogP contribution in [0.1, 0.15) is 12.1 Å². The van der Waals surface area contributed by atoms with E-state index in [4.69, 9.17) is 10.00 Å². The summed E-state index contributed by atoms with van der Waals surface area (Å²) in [7, 11) is 0. The van der Waals surface area contributed by atoms with Gasteiger partial charge in [-0.2, -0.15) is 5.26 Å². The lowest BCUT2D eigenvalue weighted by atomic mass is 10.3. The minimum Gasteiger partial charge on any atom is -0.470 e. The summed E-state index contributed by atoms with van der Waals surface area (Å²) in [6.45, 7) is 1.31. The first kappa shape index (κ1) is 16.0. The summed E-state index contributed by atoms with van der Waals surface area (Å²) in [6.07, 6.45) is 5.12. The van der Waals surface area contributed by atoms with Gasteiger partial charge in [0.15, 0.2) is 0 Å². The summed E-state index contributed by atoms with van der Waals surface area (Å²) >= 11 is 0. The highest BCUT2D eigenvalue weighted by Crippen LogP contribution is 2.19. The molecular weight excluding hydrogens is 332 g/mol. The lowest BCUT2D eigenvalue weighted by Crippen LogP contribution is -2.33. The quantitative estimate of drug-likeness (QED) is 0.706. The van der Waals surface area contributed by atoms with Crippen molar-refractivity contribution in [2.45, 2.75) is 19.1 Å². The van der Waals surface area contributed by atoms with Gasteiger partial charge in [-0.3, -0.25) is 4.79 Å². The van der Waals surface area contributed by atoms with Crippen LogP contribution >= 0.6 is 0 Å². The lowest BCUT2D eigenvalue weighted by Gasteiger charge is -2.17. The summed E-state index contributed by atoms with van der Waals surface area (Å²) in [5.41, 5.74) is 1.96. The van der Waals surface area contributed by atoms with Crippen LogP contribution in [-0.4, -0.2) is 49.5 Å². The van der Waals surface area contributed by atoms with Crippen molar-refractivity contribution in [3.63, 3.8) is 0 Å². The van der Waals surface area contributed by atoms with Crippen LogP contribution in [0.25, 0.3) is 11.0 Å². The van der Waals surface area contributed by atoms with Crippen molar-refractivity contribution in [2.75, 3.05) is 13.1 Å². The number of benzene rings is 1. The fourth-order valence-corrected chi connectivity index (χ4v) is 3.08. The molecule has 0 bridgehead atoms. The molecule has 1 aromatic carbocycles. The third-order valence-electron chi connectivity index (χ3n) is 4.38. The molecule has 3 heterocycles. The van der Waals surface area contributed by atoms with Gasteiger partial charge in [0.2, 0.25) is 11.6 Å². The molecule has 1 fully saturated rings. The first-order chi connectivity index (χ1) is 12.7. The number of carbonyl (C=O) groups excluding carboxylic acids is 1. The molecule has 0 unspecified atom stereocenters. The summed E-state index contributed by atoms with van der Waals surface area (Å²) < 4.78 is 7.62. The molecule has 130 valence electrons. The summed E-state index contributed by atoms with van der Waals surface area (Å²) in [4.78, 5) is 26.7. The van der Waals surface area contributed by atoms with Crippen molar-refractivity contribution in [2.24, 2.45) is 0 Å². The van der Waals surface area contributed by atoms with E-state index in [-0.39, 0.29) is 30.1 Å². The molecule has 0 N–H and O–H groups in total. The van der Waals surface area contributed by atoms with E-state index in [2.05, 4.69) is 15.0 Å². The molecule has 4 rings (SSSR count). The van der Waals surface area contributed by atoms with E-state index in [0.29, 0.717) is 19.5 Å². The Morgan fingerprint density at radius 1 is 1.27 bits per heavy atom. The second kappa shape index (κ2) is 6.80. The second-order valence-corrected chi connectivity index (χ2v) is 6.05. The average molecular weight is 348 g/mol. The van der Waals surface area contributed by atoms with Gasteiger partial charge >= 0.3 is 0 Å². The normalized spacial score (nSPS) is 16.6. The van der Waals surface area contributed by atoms with Gasteiger partial charge in [0.25, 0.3) is 5.88 Å². The molecule has 1 atom stereocenters. The van der Waals surface area contributed by atoms with Crippen molar-refractivity contribution in [3.05, 3.63) is 48.7 Å². The fourth-order valence-electron chi connectivity index (χ4n) is 3.08. The van der Waals surface area contributed by atoms with Crippen LogP contribution in [0.15, 0.2) is 43.0 Å². The third kappa shape index (κ3) is 3.07. The number of amides is 1. The molecule has 2 aromatic heterocycles. The fraction of sp³-hybridized carbons (Fsp3) is 0.278. The second-order valence-electron chi connectivity index (χ2n) is 6.05. The number of para-hydroxylation sites is 2. The Hall–Kier alpha value is -3.47. The maximum Gasteiger partial charge on any atom is 0.251 e. The van der Waals surface area contributed by atoms with Gasteiger partial charge in [-0.15, -0.1) is 0 Å². The van der Waals surface area contributed by atoms with Crippen LogP contribution in [0.4, 0.5) is 0 Å². The minimum absolute atomic E-state index is 0.0129. The monoisotopic (exact) mass is 348 g/mol. The van der Waals surface area contributed by atoms with Crippen LogP contribution in [-0.2, 0) is 11.3 Å². The van der Waals surface area contributed by atoms with Crippen LogP contribution in [0.3, 0.4) is 0 Å². The molecule has 1 saturated heterocycles. The smallest absolute Gasteiger partial charge is 0.251 e. The number of hydrogen-bond acceptors (Lipinski definition) is 6. The first-order valence-electron chi connectivity index (χ1n) is 8.30. The Morgan fingerprint density at radius 2 is 2.12 bits per heavy atom. The molecule has 26 heavy (non-hydrogen) atoms. The highest BCUT2D eigenvalue weighted by molar-refractivity contribution is 5.80. The zero-order chi connectivity index (χ0) is 17.9. The number of likely N-dealkylation sites (tertiary alicyclic amines) is 1. The number of aromatic nitrogens is 4. The Labute approximate surface area is 149 Å². The molecule has 0 saturated carbocycles.